The molecule has 1 aliphatic rings. The molecule has 21 heavy (non-hydrogen) atoms. The number of benzene rings is 1. The zero-order chi connectivity index (χ0) is 15.2. The van der Waals surface area contributed by atoms with Crippen LogP contribution >= 0.6 is 0 Å². The monoisotopic (exact) mass is 295 g/mol. The molecule has 0 fully saturated rings. The maximum atomic E-state index is 11.1. The van der Waals surface area contributed by atoms with E-state index >= 15 is 0 Å². The Bertz CT molecular complexity index is 503. The van der Waals surface area contributed by atoms with Gasteiger partial charge in [0.15, 0.2) is 11.5 Å². The topological polar surface area (TPSA) is 80.0 Å². The van der Waals surface area contributed by atoms with Gasteiger partial charge in [-0.25, -0.2) is 0 Å². The maximum absolute atomic E-state index is 11.1. The molecule has 1 aromatic carbocycles. The number of hydrogen-bond acceptors (Lipinski definition) is 6. The second-order valence-corrected chi connectivity index (χ2v) is 4.86. The number of carbonyl (C=O) groups is 1. The SMILES string of the molecule is CCC(N)Cc1cc2c(cc1OCCC(=O)OC)OCO2. The van der Waals surface area contributed by atoms with Gasteiger partial charge in [0.1, 0.15) is 5.75 Å². The molecule has 1 aliphatic heterocycles. The first-order chi connectivity index (χ1) is 10.1. The third-order valence-corrected chi connectivity index (χ3v) is 3.35. The van der Waals surface area contributed by atoms with E-state index in [0.29, 0.717) is 23.7 Å². The van der Waals surface area contributed by atoms with Gasteiger partial charge in [0.2, 0.25) is 6.79 Å². The summed E-state index contributed by atoms with van der Waals surface area (Å²) in [5.41, 5.74) is 6.97. The van der Waals surface area contributed by atoms with Crippen LogP contribution in [-0.4, -0.2) is 32.5 Å². The summed E-state index contributed by atoms with van der Waals surface area (Å²) in [5.74, 6) is 1.72. The molecule has 0 amide bonds. The zero-order valence-electron chi connectivity index (χ0n) is 12.4. The number of hydrogen-bond donors (Lipinski definition) is 1. The van der Waals surface area contributed by atoms with E-state index < -0.39 is 0 Å². The number of rotatable bonds is 7. The molecule has 2 N–H and O–H groups in total. The van der Waals surface area contributed by atoms with Crippen molar-refractivity contribution in [2.75, 3.05) is 20.5 Å². The first kappa shape index (κ1) is 15.4. The van der Waals surface area contributed by atoms with Crippen molar-refractivity contribution < 1.29 is 23.7 Å². The molecule has 0 saturated carbocycles. The molecule has 6 heteroatoms. The lowest BCUT2D eigenvalue weighted by molar-refractivity contribution is -0.141. The Hall–Kier alpha value is -1.95. The Morgan fingerprint density at radius 3 is 2.76 bits per heavy atom. The molecule has 1 atom stereocenters. The molecule has 1 heterocycles. The molecule has 0 radical (unpaired) electrons. The average molecular weight is 295 g/mol. The largest absolute Gasteiger partial charge is 0.493 e. The normalized spacial score (nSPS) is 13.9. The van der Waals surface area contributed by atoms with E-state index in [9.17, 15) is 4.79 Å². The van der Waals surface area contributed by atoms with Crippen molar-refractivity contribution in [3.63, 3.8) is 0 Å². The molecular formula is C15H21NO5. The van der Waals surface area contributed by atoms with E-state index in [2.05, 4.69) is 4.74 Å². The van der Waals surface area contributed by atoms with Crippen LogP contribution in [0.1, 0.15) is 25.3 Å². The van der Waals surface area contributed by atoms with Crippen LogP contribution in [0, 0.1) is 0 Å². The molecule has 6 nitrogen and oxygen atoms in total. The minimum absolute atomic E-state index is 0.0494. The van der Waals surface area contributed by atoms with Crippen molar-refractivity contribution in [1.82, 2.24) is 0 Å². The van der Waals surface area contributed by atoms with Crippen LogP contribution in [0.15, 0.2) is 12.1 Å². The molecule has 0 aromatic heterocycles. The van der Waals surface area contributed by atoms with Gasteiger partial charge in [0.05, 0.1) is 20.1 Å². The lowest BCUT2D eigenvalue weighted by Gasteiger charge is -2.15. The highest BCUT2D eigenvalue weighted by molar-refractivity contribution is 5.69. The summed E-state index contributed by atoms with van der Waals surface area (Å²) in [4.78, 5) is 11.1. The molecule has 0 bridgehead atoms. The van der Waals surface area contributed by atoms with Gasteiger partial charge in [-0.05, 0) is 24.5 Å². The smallest absolute Gasteiger partial charge is 0.308 e. The fourth-order valence-corrected chi connectivity index (χ4v) is 2.03. The molecule has 116 valence electrons. The van der Waals surface area contributed by atoms with E-state index in [1.165, 1.54) is 7.11 Å². The summed E-state index contributed by atoms with van der Waals surface area (Å²) < 4.78 is 21.0. The van der Waals surface area contributed by atoms with Gasteiger partial charge in [0.25, 0.3) is 0 Å². The highest BCUT2D eigenvalue weighted by atomic mass is 16.7. The highest BCUT2D eigenvalue weighted by Gasteiger charge is 2.19. The van der Waals surface area contributed by atoms with Crippen molar-refractivity contribution in [2.24, 2.45) is 5.73 Å². The lowest BCUT2D eigenvalue weighted by Crippen LogP contribution is -2.22. The maximum Gasteiger partial charge on any atom is 0.308 e. The molecule has 0 saturated heterocycles. The fourth-order valence-electron chi connectivity index (χ4n) is 2.03. The predicted octanol–water partition coefficient (Wildman–Crippen LogP) is 1.64. The van der Waals surface area contributed by atoms with Gasteiger partial charge in [-0.3, -0.25) is 4.79 Å². The molecular weight excluding hydrogens is 274 g/mol. The van der Waals surface area contributed by atoms with Crippen molar-refractivity contribution in [1.29, 1.82) is 0 Å². The van der Waals surface area contributed by atoms with Gasteiger partial charge in [-0.2, -0.15) is 0 Å². The first-order valence-corrected chi connectivity index (χ1v) is 7.01. The van der Waals surface area contributed by atoms with Crippen LogP contribution in [0.4, 0.5) is 0 Å². The summed E-state index contributed by atoms with van der Waals surface area (Å²) in [6.45, 7) is 2.50. The second kappa shape index (κ2) is 7.17. The molecule has 1 unspecified atom stereocenters. The van der Waals surface area contributed by atoms with Crippen molar-refractivity contribution >= 4 is 5.97 Å². The van der Waals surface area contributed by atoms with Crippen LogP contribution in [0.5, 0.6) is 17.2 Å². The van der Waals surface area contributed by atoms with Crippen LogP contribution in [-0.2, 0) is 16.0 Å². The average Bonchev–Trinajstić information content (AvgIpc) is 2.94. The number of methoxy groups -OCH3 is 1. The van der Waals surface area contributed by atoms with E-state index in [0.717, 1.165) is 12.0 Å². The highest BCUT2D eigenvalue weighted by Crippen LogP contribution is 2.38. The number of carbonyl (C=O) groups excluding carboxylic acids is 1. The molecule has 1 aromatic rings. The Morgan fingerprint density at radius 2 is 2.10 bits per heavy atom. The van der Waals surface area contributed by atoms with E-state index in [1.54, 1.807) is 6.07 Å². The Kier molecular flexibility index (Phi) is 5.27. The van der Waals surface area contributed by atoms with Crippen molar-refractivity contribution in [3.8, 4) is 17.2 Å². The summed E-state index contributed by atoms with van der Waals surface area (Å²) in [5, 5.41) is 0. The second-order valence-electron chi connectivity index (χ2n) is 4.86. The number of nitrogens with two attached hydrogens (primary N) is 1. The number of ether oxygens (including phenoxy) is 4. The van der Waals surface area contributed by atoms with Gasteiger partial charge in [0, 0.05) is 12.1 Å². The molecule has 0 aliphatic carbocycles. The molecule has 0 spiro atoms. The summed E-state index contributed by atoms with van der Waals surface area (Å²) in [6.07, 6.45) is 1.75. The molecule has 2 rings (SSSR count). The minimum atomic E-state index is -0.303. The Labute approximate surface area is 124 Å². The summed E-state index contributed by atoms with van der Waals surface area (Å²) in [6, 6.07) is 3.73. The van der Waals surface area contributed by atoms with Crippen LogP contribution in [0.2, 0.25) is 0 Å². The van der Waals surface area contributed by atoms with Crippen molar-refractivity contribution in [3.05, 3.63) is 17.7 Å². The van der Waals surface area contributed by atoms with E-state index in [1.807, 2.05) is 13.0 Å². The summed E-state index contributed by atoms with van der Waals surface area (Å²) in [7, 11) is 1.36. The standard InChI is InChI=1S/C15H21NO5/c1-3-11(16)6-10-7-13-14(21-9-20-13)8-12(10)19-5-4-15(17)18-2/h7-8,11H,3-6,9,16H2,1-2H3. The third kappa shape index (κ3) is 4.01. The van der Waals surface area contributed by atoms with Crippen LogP contribution in [0.25, 0.3) is 0 Å². The number of esters is 1. The van der Waals surface area contributed by atoms with Crippen molar-refractivity contribution in [2.45, 2.75) is 32.2 Å². The predicted molar refractivity (Wildman–Crippen MR) is 76.7 cm³/mol. The van der Waals surface area contributed by atoms with Crippen LogP contribution < -0.4 is 19.9 Å². The van der Waals surface area contributed by atoms with Gasteiger partial charge in [-0.1, -0.05) is 6.92 Å². The van der Waals surface area contributed by atoms with E-state index in [-0.39, 0.29) is 31.8 Å². The van der Waals surface area contributed by atoms with Gasteiger partial charge < -0.3 is 24.7 Å². The number of fused-ring (bicyclic) bond motifs is 1. The van der Waals surface area contributed by atoms with Crippen LogP contribution in [0.3, 0.4) is 0 Å². The zero-order valence-corrected chi connectivity index (χ0v) is 12.4. The summed E-state index contributed by atoms with van der Waals surface area (Å²) >= 11 is 0. The Morgan fingerprint density at radius 1 is 1.38 bits per heavy atom. The first-order valence-electron chi connectivity index (χ1n) is 7.01. The lowest BCUT2D eigenvalue weighted by atomic mass is 10.0. The quantitative estimate of drug-likeness (QED) is 0.770. The van der Waals surface area contributed by atoms with Gasteiger partial charge in [-0.15, -0.1) is 0 Å². The third-order valence-electron chi connectivity index (χ3n) is 3.35. The Balaban J connectivity index is 2.11. The van der Waals surface area contributed by atoms with Gasteiger partial charge >= 0.3 is 5.97 Å². The van der Waals surface area contributed by atoms with E-state index in [4.69, 9.17) is 19.9 Å². The fraction of sp³-hybridized carbons (Fsp3) is 0.533. The minimum Gasteiger partial charge on any atom is -0.493 e.